The van der Waals surface area contributed by atoms with Crippen LogP contribution in [-0.4, -0.2) is 58.5 Å². The van der Waals surface area contributed by atoms with Crippen LogP contribution in [0.1, 0.15) is 6.42 Å². The second-order valence-electron chi connectivity index (χ2n) is 8.05. The van der Waals surface area contributed by atoms with Crippen molar-refractivity contribution in [1.29, 1.82) is 0 Å². The lowest BCUT2D eigenvalue weighted by Crippen LogP contribution is -2.40. The lowest BCUT2D eigenvalue weighted by molar-refractivity contribution is 0.380. The molecule has 0 saturated heterocycles. The highest BCUT2D eigenvalue weighted by Gasteiger charge is 2.28. The number of rotatable bonds is 5. The SMILES string of the molecule is CN1CC=C2C=C(N(C)C)C(NS(=O)(=O)c3ccc(-c4ccc(Cl)cc4)s3)C=C2CC1. The molecule has 1 aromatic carbocycles. The van der Waals surface area contributed by atoms with Gasteiger partial charge >= 0.3 is 0 Å². The van der Waals surface area contributed by atoms with Crippen molar-refractivity contribution in [2.24, 2.45) is 0 Å². The summed E-state index contributed by atoms with van der Waals surface area (Å²) in [5.74, 6) is 0. The minimum atomic E-state index is -3.68. The van der Waals surface area contributed by atoms with Crippen LogP contribution in [-0.2, 0) is 10.0 Å². The molecule has 0 radical (unpaired) electrons. The zero-order chi connectivity index (χ0) is 22.2. The number of hydrogen-bond donors (Lipinski definition) is 1. The van der Waals surface area contributed by atoms with Crippen LogP contribution < -0.4 is 4.72 Å². The standard InChI is InChI=1S/C23H26ClN3O2S2/c1-26(2)21-15-18-11-13-27(3)12-10-17(18)14-20(21)25-31(28,29)23-9-8-22(30-23)16-4-6-19(24)7-5-16/h4-9,11,14-15,20,25H,10,12-13H2,1-3H3. The molecule has 5 nitrogen and oxygen atoms in total. The highest BCUT2D eigenvalue weighted by atomic mass is 35.5. The van der Waals surface area contributed by atoms with E-state index in [0.717, 1.165) is 35.6 Å². The van der Waals surface area contributed by atoms with E-state index in [1.54, 1.807) is 18.2 Å². The summed E-state index contributed by atoms with van der Waals surface area (Å²) >= 11 is 7.23. The van der Waals surface area contributed by atoms with E-state index in [1.165, 1.54) is 22.5 Å². The highest BCUT2D eigenvalue weighted by molar-refractivity contribution is 7.91. The van der Waals surface area contributed by atoms with E-state index in [4.69, 9.17) is 11.6 Å². The lowest BCUT2D eigenvalue weighted by Gasteiger charge is -2.29. The van der Waals surface area contributed by atoms with Crippen molar-refractivity contribution in [3.05, 3.63) is 76.5 Å². The Kier molecular flexibility index (Phi) is 6.42. The van der Waals surface area contributed by atoms with Crippen LogP contribution in [0.4, 0.5) is 0 Å². The van der Waals surface area contributed by atoms with Gasteiger partial charge in [-0.2, -0.15) is 4.72 Å². The molecule has 0 fully saturated rings. The first-order valence-corrected chi connectivity index (χ1v) is 12.8. The van der Waals surface area contributed by atoms with Gasteiger partial charge in [0.05, 0.1) is 6.04 Å². The molecule has 0 saturated carbocycles. The molecule has 0 bridgehead atoms. The van der Waals surface area contributed by atoms with Crippen molar-refractivity contribution >= 4 is 33.0 Å². The summed E-state index contributed by atoms with van der Waals surface area (Å²) in [6.07, 6.45) is 7.28. The first kappa shape index (κ1) is 22.3. The van der Waals surface area contributed by atoms with Gasteiger partial charge in [0.2, 0.25) is 0 Å². The quantitative estimate of drug-likeness (QED) is 0.698. The van der Waals surface area contributed by atoms with Gasteiger partial charge in [-0.05, 0) is 60.5 Å². The number of likely N-dealkylation sites (N-methyl/N-ethyl adjacent to an activating group) is 2. The van der Waals surface area contributed by atoms with Gasteiger partial charge in [-0.25, -0.2) is 8.42 Å². The Balaban J connectivity index is 1.61. The molecule has 8 heteroatoms. The van der Waals surface area contributed by atoms with Gasteiger partial charge in [0.25, 0.3) is 10.0 Å². The van der Waals surface area contributed by atoms with Crippen molar-refractivity contribution in [2.45, 2.75) is 16.7 Å². The fourth-order valence-corrected chi connectivity index (χ4v) is 6.37. The Bertz CT molecular complexity index is 1160. The Morgan fingerprint density at radius 1 is 1.16 bits per heavy atom. The maximum absolute atomic E-state index is 13.2. The number of halogens is 1. The monoisotopic (exact) mass is 475 g/mol. The Morgan fingerprint density at radius 3 is 2.61 bits per heavy atom. The number of nitrogens with zero attached hydrogens (tertiary/aromatic N) is 2. The summed E-state index contributed by atoms with van der Waals surface area (Å²) in [7, 11) is 2.31. The van der Waals surface area contributed by atoms with E-state index in [9.17, 15) is 8.42 Å². The predicted molar refractivity (Wildman–Crippen MR) is 129 cm³/mol. The third-order valence-corrected chi connectivity index (χ3v) is 8.84. The summed E-state index contributed by atoms with van der Waals surface area (Å²) in [6.45, 7) is 1.84. The normalized spacial score (nSPS) is 19.7. The largest absolute Gasteiger partial charge is 0.379 e. The summed E-state index contributed by atoms with van der Waals surface area (Å²) in [4.78, 5) is 5.13. The second kappa shape index (κ2) is 8.92. The van der Waals surface area contributed by atoms with Gasteiger partial charge in [-0.3, -0.25) is 0 Å². The van der Waals surface area contributed by atoms with Crippen molar-refractivity contribution < 1.29 is 8.42 Å². The average molecular weight is 476 g/mol. The molecule has 2 heterocycles. The van der Waals surface area contributed by atoms with Crippen molar-refractivity contribution in [2.75, 3.05) is 34.2 Å². The molecule has 0 amide bonds. The maximum Gasteiger partial charge on any atom is 0.250 e. The molecule has 1 aliphatic carbocycles. The number of benzene rings is 1. The fourth-order valence-electron chi connectivity index (χ4n) is 3.76. The molecule has 2 aromatic rings. The van der Waals surface area contributed by atoms with Crippen LogP contribution in [0.5, 0.6) is 0 Å². The molecule has 1 N–H and O–H groups in total. The fraction of sp³-hybridized carbons (Fsp3) is 0.304. The number of fused-ring (bicyclic) bond motifs is 1. The number of sulfonamides is 1. The zero-order valence-electron chi connectivity index (χ0n) is 17.8. The third kappa shape index (κ3) is 4.96. The maximum atomic E-state index is 13.2. The summed E-state index contributed by atoms with van der Waals surface area (Å²) in [6, 6.07) is 10.5. The lowest BCUT2D eigenvalue weighted by atomic mass is 9.92. The average Bonchev–Trinajstić information content (AvgIpc) is 3.15. The Hall–Kier alpha value is -1.90. The minimum absolute atomic E-state index is 0.302. The third-order valence-electron chi connectivity index (χ3n) is 5.52. The molecule has 4 rings (SSSR count). The molecule has 1 atom stereocenters. The topological polar surface area (TPSA) is 52.6 Å². The number of nitrogens with one attached hydrogen (secondary N) is 1. The molecular weight excluding hydrogens is 450 g/mol. The van der Waals surface area contributed by atoms with Gasteiger partial charge in [0.15, 0.2) is 0 Å². The van der Waals surface area contributed by atoms with Crippen LogP contribution in [0, 0.1) is 0 Å². The number of thiophene rings is 1. The molecule has 1 unspecified atom stereocenters. The first-order chi connectivity index (χ1) is 14.7. The van der Waals surface area contributed by atoms with Crippen LogP contribution in [0.2, 0.25) is 5.02 Å². The molecule has 31 heavy (non-hydrogen) atoms. The Labute approximate surface area is 193 Å². The second-order valence-corrected chi connectivity index (χ2v) is 11.5. The first-order valence-electron chi connectivity index (χ1n) is 10.1. The van der Waals surface area contributed by atoms with Gasteiger partial charge in [-0.15, -0.1) is 11.3 Å². The number of hydrogen-bond acceptors (Lipinski definition) is 5. The number of allylic oxidation sites excluding steroid dienone is 2. The molecular formula is C23H26ClN3O2S2. The molecule has 164 valence electrons. The van der Waals surface area contributed by atoms with Crippen molar-refractivity contribution in [3.8, 4) is 10.4 Å². The summed E-state index contributed by atoms with van der Waals surface area (Å²) in [5.41, 5.74) is 4.25. The van der Waals surface area contributed by atoms with E-state index in [1.807, 2.05) is 37.2 Å². The van der Waals surface area contributed by atoms with Gasteiger partial charge in [-0.1, -0.05) is 35.9 Å². The highest BCUT2D eigenvalue weighted by Crippen LogP contribution is 2.33. The molecule has 1 aromatic heterocycles. The van der Waals surface area contributed by atoms with Crippen LogP contribution in [0.15, 0.2) is 75.7 Å². The van der Waals surface area contributed by atoms with Crippen LogP contribution in [0.3, 0.4) is 0 Å². The van der Waals surface area contributed by atoms with E-state index in [-0.39, 0.29) is 0 Å². The van der Waals surface area contributed by atoms with Gasteiger partial charge < -0.3 is 9.80 Å². The van der Waals surface area contributed by atoms with Crippen molar-refractivity contribution in [1.82, 2.24) is 14.5 Å². The molecule has 2 aliphatic rings. The predicted octanol–water partition coefficient (Wildman–Crippen LogP) is 4.36. The molecule has 1 aliphatic heterocycles. The van der Waals surface area contributed by atoms with E-state index in [0.29, 0.717) is 9.23 Å². The van der Waals surface area contributed by atoms with Gasteiger partial charge in [0.1, 0.15) is 4.21 Å². The summed E-state index contributed by atoms with van der Waals surface area (Å²) in [5, 5.41) is 0.654. The van der Waals surface area contributed by atoms with Crippen LogP contribution >= 0.6 is 22.9 Å². The van der Waals surface area contributed by atoms with Gasteiger partial charge in [0, 0.05) is 42.8 Å². The van der Waals surface area contributed by atoms with Crippen molar-refractivity contribution in [3.63, 3.8) is 0 Å². The van der Waals surface area contributed by atoms with Crippen LogP contribution in [0.25, 0.3) is 10.4 Å². The molecule has 0 spiro atoms. The van der Waals surface area contributed by atoms with E-state index >= 15 is 0 Å². The van der Waals surface area contributed by atoms with E-state index in [2.05, 4.69) is 34.9 Å². The zero-order valence-corrected chi connectivity index (χ0v) is 20.2. The minimum Gasteiger partial charge on any atom is -0.379 e. The Morgan fingerprint density at radius 2 is 1.90 bits per heavy atom. The smallest absolute Gasteiger partial charge is 0.250 e. The van der Waals surface area contributed by atoms with E-state index < -0.39 is 16.1 Å². The summed E-state index contributed by atoms with van der Waals surface area (Å²) < 4.78 is 29.7.